The number of benzene rings is 1. The van der Waals surface area contributed by atoms with E-state index in [0.717, 1.165) is 17.0 Å². The van der Waals surface area contributed by atoms with Crippen molar-refractivity contribution in [1.82, 2.24) is 9.55 Å². The molecule has 1 atom stereocenters. The average molecular weight is 233 g/mol. The lowest BCUT2D eigenvalue weighted by molar-refractivity contribution is 0.0695. The lowest BCUT2D eigenvalue weighted by Crippen LogP contribution is -2.33. The van der Waals surface area contributed by atoms with Crippen molar-refractivity contribution >= 4 is 17.0 Å². The molecule has 0 saturated heterocycles. The molecule has 2 N–H and O–H groups in total. The van der Waals surface area contributed by atoms with Gasteiger partial charge in [0, 0.05) is 13.6 Å². The lowest BCUT2D eigenvalue weighted by atomic mass is 10.0. The van der Waals surface area contributed by atoms with Crippen LogP contribution in [0.4, 0.5) is 5.95 Å². The normalized spacial score (nSPS) is 14.8. The molecule has 1 aromatic carbocycles. The number of aryl methyl sites for hydroxylation is 1. The van der Waals surface area contributed by atoms with Gasteiger partial charge in [0.05, 0.1) is 16.6 Å². The molecule has 1 unspecified atom stereocenters. The van der Waals surface area contributed by atoms with Crippen molar-refractivity contribution in [3.8, 4) is 0 Å². The van der Waals surface area contributed by atoms with E-state index in [-0.39, 0.29) is 0 Å². The molecule has 0 aliphatic rings. The molecule has 4 nitrogen and oxygen atoms in total. The molecule has 2 aromatic rings. The first kappa shape index (κ1) is 11.9. The van der Waals surface area contributed by atoms with Crippen molar-refractivity contribution in [2.45, 2.75) is 25.9 Å². The largest absolute Gasteiger partial charge is 0.388 e. The highest BCUT2D eigenvalue weighted by Gasteiger charge is 2.18. The molecule has 0 fully saturated rings. The van der Waals surface area contributed by atoms with Gasteiger partial charge in [0.15, 0.2) is 0 Å². The maximum absolute atomic E-state index is 9.95. The van der Waals surface area contributed by atoms with Crippen LogP contribution in [0.2, 0.25) is 0 Å². The number of imidazole rings is 1. The molecule has 1 aromatic heterocycles. The van der Waals surface area contributed by atoms with Gasteiger partial charge in [-0.15, -0.1) is 0 Å². The standard InChI is InChI=1S/C13H19N3O/c1-4-13(2,17)9-14-12-15-10-7-5-6-8-11(10)16(12)3/h5-8,17H,4,9H2,1-3H3,(H,14,15). The summed E-state index contributed by atoms with van der Waals surface area (Å²) >= 11 is 0. The Bertz CT molecular complexity index is 516. The maximum Gasteiger partial charge on any atom is 0.203 e. The molecule has 92 valence electrons. The van der Waals surface area contributed by atoms with Crippen molar-refractivity contribution in [2.75, 3.05) is 11.9 Å². The van der Waals surface area contributed by atoms with Crippen LogP contribution in [-0.4, -0.2) is 26.8 Å². The van der Waals surface area contributed by atoms with Crippen LogP contribution in [-0.2, 0) is 7.05 Å². The Hall–Kier alpha value is -1.55. The number of rotatable bonds is 4. The van der Waals surface area contributed by atoms with Crippen molar-refractivity contribution in [1.29, 1.82) is 0 Å². The number of fused-ring (bicyclic) bond motifs is 1. The van der Waals surface area contributed by atoms with Crippen LogP contribution in [0, 0.1) is 0 Å². The molecule has 0 spiro atoms. The van der Waals surface area contributed by atoms with Gasteiger partial charge in [-0.3, -0.25) is 0 Å². The molecule has 0 radical (unpaired) electrons. The number of hydrogen-bond acceptors (Lipinski definition) is 3. The molecule has 1 heterocycles. The number of aliphatic hydroxyl groups is 1. The molecular weight excluding hydrogens is 214 g/mol. The summed E-state index contributed by atoms with van der Waals surface area (Å²) in [5.74, 6) is 0.792. The average Bonchev–Trinajstić information content (AvgIpc) is 2.65. The zero-order valence-electron chi connectivity index (χ0n) is 10.6. The fourth-order valence-corrected chi connectivity index (χ4v) is 1.70. The molecule has 4 heteroatoms. The minimum atomic E-state index is -0.696. The van der Waals surface area contributed by atoms with E-state index < -0.39 is 5.60 Å². The van der Waals surface area contributed by atoms with Crippen molar-refractivity contribution in [2.24, 2.45) is 7.05 Å². The Kier molecular flexibility index (Phi) is 3.07. The summed E-state index contributed by atoms with van der Waals surface area (Å²) in [5.41, 5.74) is 1.36. The third-order valence-electron chi connectivity index (χ3n) is 3.18. The van der Waals surface area contributed by atoms with Gasteiger partial charge in [0.25, 0.3) is 0 Å². The van der Waals surface area contributed by atoms with Crippen LogP contribution in [0.1, 0.15) is 20.3 Å². The zero-order chi connectivity index (χ0) is 12.5. The van der Waals surface area contributed by atoms with Crippen LogP contribution < -0.4 is 5.32 Å². The predicted molar refractivity (Wildman–Crippen MR) is 70.1 cm³/mol. The van der Waals surface area contributed by atoms with E-state index in [4.69, 9.17) is 0 Å². The third kappa shape index (κ3) is 2.42. The van der Waals surface area contributed by atoms with Crippen LogP contribution >= 0.6 is 0 Å². The first-order valence-corrected chi connectivity index (χ1v) is 5.91. The monoisotopic (exact) mass is 233 g/mol. The summed E-state index contributed by atoms with van der Waals surface area (Å²) in [5, 5.41) is 13.1. The van der Waals surface area contributed by atoms with Crippen LogP contribution in [0.25, 0.3) is 11.0 Å². The van der Waals surface area contributed by atoms with E-state index in [2.05, 4.69) is 10.3 Å². The van der Waals surface area contributed by atoms with Crippen LogP contribution in [0.5, 0.6) is 0 Å². The molecule has 0 bridgehead atoms. The van der Waals surface area contributed by atoms with Gasteiger partial charge >= 0.3 is 0 Å². The van der Waals surface area contributed by atoms with E-state index >= 15 is 0 Å². The highest BCUT2D eigenvalue weighted by molar-refractivity contribution is 5.78. The molecule has 0 saturated carbocycles. The Morgan fingerprint density at radius 1 is 1.41 bits per heavy atom. The van der Waals surface area contributed by atoms with Crippen LogP contribution in [0.3, 0.4) is 0 Å². The summed E-state index contributed by atoms with van der Waals surface area (Å²) in [6, 6.07) is 7.99. The van der Waals surface area contributed by atoms with Gasteiger partial charge in [-0.2, -0.15) is 0 Å². The summed E-state index contributed by atoms with van der Waals surface area (Å²) in [6.07, 6.45) is 0.712. The van der Waals surface area contributed by atoms with Crippen molar-refractivity contribution < 1.29 is 5.11 Å². The second-order valence-electron chi connectivity index (χ2n) is 4.69. The van der Waals surface area contributed by atoms with Crippen LogP contribution in [0.15, 0.2) is 24.3 Å². The number of aromatic nitrogens is 2. The Labute approximate surface area is 101 Å². The topological polar surface area (TPSA) is 50.1 Å². The molecule has 17 heavy (non-hydrogen) atoms. The molecular formula is C13H19N3O. The summed E-state index contributed by atoms with van der Waals surface area (Å²) in [6.45, 7) is 4.29. The minimum absolute atomic E-state index is 0.501. The summed E-state index contributed by atoms with van der Waals surface area (Å²) in [4.78, 5) is 4.49. The second-order valence-corrected chi connectivity index (χ2v) is 4.69. The van der Waals surface area contributed by atoms with Gasteiger partial charge < -0.3 is 15.0 Å². The fourth-order valence-electron chi connectivity index (χ4n) is 1.70. The smallest absolute Gasteiger partial charge is 0.203 e. The quantitative estimate of drug-likeness (QED) is 0.850. The Morgan fingerprint density at radius 3 is 2.76 bits per heavy atom. The van der Waals surface area contributed by atoms with E-state index in [1.165, 1.54) is 0 Å². The highest BCUT2D eigenvalue weighted by atomic mass is 16.3. The van der Waals surface area contributed by atoms with Crippen molar-refractivity contribution in [3.05, 3.63) is 24.3 Å². The molecule has 0 aliphatic carbocycles. The summed E-state index contributed by atoms with van der Waals surface area (Å²) < 4.78 is 2.00. The predicted octanol–water partition coefficient (Wildman–Crippen LogP) is 2.15. The first-order chi connectivity index (χ1) is 8.03. The zero-order valence-corrected chi connectivity index (χ0v) is 10.6. The van der Waals surface area contributed by atoms with E-state index in [1.54, 1.807) is 0 Å². The number of hydrogen-bond donors (Lipinski definition) is 2. The van der Waals surface area contributed by atoms with E-state index in [1.807, 2.05) is 49.7 Å². The maximum atomic E-state index is 9.95. The van der Waals surface area contributed by atoms with E-state index in [9.17, 15) is 5.11 Å². The highest BCUT2D eigenvalue weighted by Crippen LogP contribution is 2.18. The fraction of sp³-hybridized carbons (Fsp3) is 0.462. The van der Waals surface area contributed by atoms with Gasteiger partial charge in [0.2, 0.25) is 5.95 Å². The van der Waals surface area contributed by atoms with E-state index in [0.29, 0.717) is 13.0 Å². The number of anilines is 1. The Balaban J connectivity index is 2.22. The van der Waals surface area contributed by atoms with Crippen molar-refractivity contribution in [3.63, 3.8) is 0 Å². The number of para-hydroxylation sites is 2. The molecule has 2 rings (SSSR count). The van der Waals surface area contributed by atoms with Gasteiger partial charge in [-0.1, -0.05) is 19.1 Å². The minimum Gasteiger partial charge on any atom is -0.388 e. The third-order valence-corrected chi connectivity index (χ3v) is 3.18. The first-order valence-electron chi connectivity index (χ1n) is 5.91. The van der Waals surface area contributed by atoms with Gasteiger partial charge in [-0.05, 0) is 25.5 Å². The van der Waals surface area contributed by atoms with Gasteiger partial charge in [0.1, 0.15) is 0 Å². The number of nitrogens with zero attached hydrogens (tertiary/aromatic N) is 2. The second kappa shape index (κ2) is 4.37. The Morgan fingerprint density at radius 2 is 2.12 bits per heavy atom. The molecule has 0 amide bonds. The lowest BCUT2D eigenvalue weighted by Gasteiger charge is -2.21. The van der Waals surface area contributed by atoms with Gasteiger partial charge in [-0.25, -0.2) is 4.98 Å². The SMILES string of the molecule is CCC(C)(O)CNc1nc2ccccc2n1C. The molecule has 0 aliphatic heterocycles. The number of nitrogens with one attached hydrogen (secondary N) is 1. The summed E-state index contributed by atoms with van der Waals surface area (Å²) in [7, 11) is 1.97.